The van der Waals surface area contributed by atoms with E-state index in [1.165, 1.54) is 6.42 Å². The van der Waals surface area contributed by atoms with E-state index in [-0.39, 0.29) is 5.91 Å². The summed E-state index contributed by atoms with van der Waals surface area (Å²) in [5.74, 6) is 1.86. The van der Waals surface area contributed by atoms with Crippen LogP contribution in [-0.4, -0.2) is 39.1 Å². The van der Waals surface area contributed by atoms with Gasteiger partial charge >= 0.3 is 0 Å². The SMILES string of the molecule is CCCc1nc(SCc2cccc(C(=O)N3CCCCC3)c2)n[nH]1. The van der Waals surface area contributed by atoms with Gasteiger partial charge in [0.2, 0.25) is 5.16 Å². The maximum absolute atomic E-state index is 12.6. The minimum Gasteiger partial charge on any atom is -0.339 e. The number of thioether (sulfide) groups is 1. The van der Waals surface area contributed by atoms with Crippen LogP contribution in [0.25, 0.3) is 0 Å². The van der Waals surface area contributed by atoms with Crippen molar-refractivity contribution < 1.29 is 4.79 Å². The van der Waals surface area contributed by atoms with Gasteiger partial charge in [-0.15, -0.1) is 5.10 Å². The Morgan fingerprint density at radius 2 is 2.12 bits per heavy atom. The molecule has 0 saturated carbocycles. The first-order valence-electron chi connectivity index (χ1n) is 8.68. The van der Waals surface area contributed by atoms with Crippen LogP contribution in [0.4, 0.5) is 0 Å². The van der Waals surface area contributed by atoms with E-state index in [0.29, 0.717) is 0 Å². The largest absolute Gasteiger partial charge is 0.339 e. The Morgan fingerprint density at radius 3 is 2.92 bits per heavy atom. The molecular formula is C18H24N4OS. The molecule has 0 aliphatic carbocycles. The maximum atomic E-state index is 12.6. The molecule has 1 amide bonds. The second-order valence-corrected chi connectivity index (χ2v) is 7.10. The number of nitrogens with zero attached hydrogens (tertiary/aromatic N) is 3. The number of amides is 1. The van der Waals surface area contributed by atoms with Crippen molar-refractivity contribution >= 4 is 17.7 Å². The number of hydrogen-bond acceptors (Lipinski definition) is 4. The van der Waals surface area contributed by atoms with Gasteiger partial charge in [-0.1, -0.05) is 30.8 Å². The summed E-state index contributed by atoms with van der Waals surface area (Å²) in [6.45, 7) is 3.89. The highest BCUT2D eigenvalue weighted by atomic mass is 32.2. The maximum Gasteiger partial charge on any atom is 0.253 e. The Hall–Kier alpha value is -1.82. The highest BCUT2D eigenvalue weighted by Gasteiger charge is 2.18. The van der Waals surface area contributed by atoms with Gasteiger partial charge in [0, 0.05) is 30.8 Å². The molecule has 1 aromatic heterocycles. The van der Waals surface area contributed by atoms with Gasteiger partial charge in [0.05, 0.1) is 0 Å². The van der Waals surface area contributed by atoms with E-state index in [9.17, 15) is 4.79 Å². The molecule has 0 radical (unpaired) electrons. The van der Waals surface area contributed by atoms with Crippen molar-refractivity contribution in [3.8, 4) is 0 Å². The fourth-order valence-electron chi connectivity index (χ4n) is 2.91. The molecule has 128 valence electrons. The summed E-state index contributed by atoms with van der Waals surface area (Å²) < 4.78 is 0. The summed E-state index contributed by atoms with van der Waals surface area (Å²) in [5, 5.41) is 7.98. The van der Waals surface area contributed by atoms with Crippen molar-refractivity contribution in [3.63, 3.8) is 0 Å². The summed E-state index contributed by atoms with van der Waals surface area (Å²) in [6.07, 6.45) is 5.45. The van der Waals surface area contributed by atoms with Crippen LogP contribution in [0.5, 0.6) is 0 Å². The van der Waals surface area contributed by atoms with Crippen LogP contribution in [-0.2, 0) is 12.2 Å². The number of likely N-dealkylation sites (tertiary alicyclic amines) is 1. The smallest absolute Gasteiger partial charge is 0.253 e. The molecule has 1 fully saturated rings. The van der Waals surface area contributed by atoms with Crippen molar-refractivity contribution in [1.82, 2.24) is 20.1 Å². The van der Waals surface area contributed by atoms with Crippen molar-refractivity contribution in [2.24, 2.45) is 0 Å². The lowest BCUT2D eigenvalue weighted by Crippen LogP contribution is -2.35. The first-order valence-corrected chi connectivity index (χ1v) is 9.67. The quantitative estimate of drug-likeness (QED) is 0.812. The van der Waals surface area contributed by atoms with E-state index in [4.69, 9.17) is 0 Å². The molecule has 3 rings (SSSR count). The molecule has 0 atom stereocenters. The third-order valence-corrected chi connectivity index (χ3v) is 5.10. The predicted molar refractivity (Wildman–Crippen MR) is 96.1 cm³/mol. The first kappa shape index (κ1) is 17.0. The average Bonchev–Trinajstić information content (AvgIpc) is 3.08. The van der Waals surface area contributed by atoms with Crippen molar-refractivity contribution in [2.45, 2.75) is 49.9 Å². The summed E-state index contributed by atoms with van der Waals surface area (Å²) in [5.41, 5.74) is 1.92. The van der Waals surface area contributed by atoms with Gasteiger partial charge in [-0.2, -0.15) is 0 Å². The fraction of sp³-hybridized carbons (Fsp3) is 0.500. The van der Waals surface area contributed by atoms with Gasteiger partial charge in [0.15, 0.2) is 0 Å². The summed E-state index contributed by atoms with van der Waals surface area (Å²) >= 11 is 1.60. The van der Waals surface area contributed by atoms with Gasteiger partial charge in [-0.3, -0.25) is 9.89 Å². The fourth-order valence-corrected chi connectivity index (χ4v) is 3.67. The minimum atomic E-state index is 0.157. The van der Waals surface area contributed by atoms with Crippen molar-refractivity contribution in [1.29, 1.82) is 0 Å². The predicted octanol–water partition coefficient (Wildman–Crippen LogP) is 3.68. The molecule has 1 aromatic carbocycles. The summed E-state index contributed by atoms with van der Waals surface area (Å²) in [6, 6.07) is 7.94. The van der Waals surface area contributed by atoms with Crippen LogP contribution in [0.1, 0.15) is 54.4 Å². The van der Waals surface area contributed by atoms with E-state index >= 15 is 0 Å². The number of carbonyl (C=O) groups excluding carboxylic acids is 1. The normalized spacial score (nSPS) is 14.8. The Bertz CT molecular complexity index is 679. The van der Waals surface area contributed by atoms with Crippen LogP contribution >= 0.6 is 11.8 Å². The third-order valence-electron chi connectivity index (χ3n) is 4.18. The second-order valence-electron chi connectivity index (χ2n) is 6.16. The van der Waals surface area contributed by atoms with E-state index in [2.05, 4.69) is 28.2 Å². The molecule has 6 heteroatoms. The van der Waals surface area contributed by atoms with E-state index in [1.807, 2.05) is 23.1 Å². The third kappa shape index (κ3) is 4.38. The van der Waals surface area contributed by atoms with E-state index in [1.54, 1.807) is 11.8 Å². The number of aromatic amines is 1. The highest BCUT2D eigenvalue weighted by Crippen LogP contribution is 2.21. The van der Waals surface area contributed by atoms with Crippen LogP contribution in [0.2, 0.25) is 0 Å². The van der Waals surface area contributed by atoms with E-state index < -0.39 is 0 Å². The lowest BCUT2D eigenvalue weighted by atomic mass is 10.1. The number of hydrogen-bond donors (Lipinski definition) is 1. The zero-order valence-corrected chi connectivity index (χ0v) is 14.9. The molecule has 24 heavy (non-hydrogen) atoms. The zero-order chi connectivity index (χ0) is 16.8. The molecule has 0 unspecified atom stereocenters. The molecule has 1 aliphatic rings. The van der Waals surface area contributed by atoms with Crippen LogP contribution in [0.3, 0.4) is 0 Å². The highest BCUT2D eigenvalue weighted by molar-refractivity contribution is 7.98. The average molecular weight is 344 g/mol. The van der Waals surface area contributed by atoms with Gasteiger partial charge in [-0.05, 0) is 43.4 Å². The second kappa shape index (κ2) is 8.33. The van der Waals surface area contributed by atoms with Gasteiger partial charge in [0.1, 0.15) is 5.82 Å². The molecule has 2 aromatic rings. The zero-order valence-electron chi connectivity index (χ0n) is 14.1. The van der Waals surface area contributed by atoms with Gasteiger partial charge in [-0.25, -0.2) is 4.98 Å². The standard InChI is InChI=1S/C18H24N4OS/c1-2-7-16-19-18(21-20-16)24-13-14-8-6-9-15(12-14)17(23)22-10-4-3-5-11-22/h6,8-9,12H,2-5,7,10-11,13H2,1H3,(H,19,20,21). The number of rotatable bonds is 6. The van der Waals surface area contributed by atoms with Gasteiger partial charge in [0.25, 0.3) is 5.91 Å². The van der Waals surface area contributed by atoms with E-state index in [0.717, 1.165) is 66.6 Å². The molecule has 1 saturated heterocycles. The lowest BCUT2D eigenvalue weighted by Gasteiger charge is -2.26. The monoisotopic (exact) mass is 344 g/mol. The summed E-state index contributed by atoms with van der Waals surface area (Å²) in [7, 11) is 0. The van der Waals surface area contributed by atoms with Crippen LogP contribution < -0.4 is 0 Å². The Balaban J connectivity index is 1.60. The number of piperidine rings is 1. The Morgan fingerprint density at radius 1 is 1.29 bits per heavy atom. The number of carbonyl (C=O) groups is 1. The van der Waals surface area contributed by atoms with Crippen molar-refractivity contribution in [2.75, 3.05) is 13.1 Å². The number of H-pyrrole nitrogens is 1. The Kier molecular flexibility index (Phi) is 5.91. The lowest BCUT2D eigenvalue weighted by molar-refractivity contribution is 0.0724. The summed E-state index contributed by atoms with van der Waals surface area (Å²) in [4.78, 5) is 19.0. The molecule has 0 bridgehead atoms. The van der Waals surface area contributed by atoms with Gasteiger partial charge < -0.3 is 4.90 Å². The Labute approximate surface area is 147 Å². The number of benzene rings is 1. The molecule has 5 nitrogen and oxygen atoms in total. The van der Waals surface area contributed by atoms with Crippen LogP contribution in [0.15, 0.2) is 29.4 Å². The first-order chi connectivity index (χ1) is 11.8. The van der Waals surface area contributed by atoms with Crippen molar-refractivity contribution in [3.05, 3.63) is 41.2 Å². The molecule has 1 N–H and O–H groups in total. The molecular weight excluding hydrogens is 320 g/mol. The molecule has 0 spiro atoms. The number of nitrogens with one attached hydrogen (secondary N) is 1. The van der Waals surface area contributed by atoms with Crippen LogP contribution in [0, 0.1) is 0 Å². The number of aryl methyl sites for hydroxylation is 1. The number of aromatic nitrogens is 3. The minimum absolute atomic E-state index is 0.157. The topological polar surface area (TPSA) is 61.9 Å². The molecule has 1 aliphatic heterocycles. The molecule has 2 heterocycles.